The zero-order valence-electron chi connectivity index (χ0n) is 8.00. The smallest absolute Gasteiger partial charge is 0.352 e. The van der Waals surface area contributed by atoms with E-state index in [4.69, 9.17) is 28.3 Å². The molecule has 1 aromatic carbocycles. The Balaban J connectivity index is 2.59. The minimum absolute atomic E-state index is 0.115. The monoisotopic (exact) mass is 255 g/mol. The third-order valence-electron chi connectivity index (χ3n) is 2.18. The first-order chi connectivity index (χ1) is 7.59. The number of aromatic carboxylic acids is 1. The average molecular weight is 256 g/mol. The highest BCUT2D eigenvalue weighted by atomic mass is 35.5. The van der Waals surface area contributed by atoms with Crippen LogP contribution in [0, 0.1) is 0 Å². The lowest BCUT2D eigenvalue weighted by Gasteiger charge is -2.04. The number of carbonyl (C=O) groups is 1. The fourth-order valence-corrected chi connectivity index (χ4v) is 1.99. The first kappa shape index (κ1) is 11.0. The summed E-state index contributed by atoms with van der Waals surface area (Å²) in [7, 11) is 0. The third kappa shape index (κ3) is 1.92. The molecule has 0 aliphatic rings. The molecule has 0 aliphatic carbocycles. The Kier molecular flexibility index (Phi) is 2.90. The fourth-order valence-electron chi connectivity index (χ4n) is 1.48. The lowest BCUT2D eigenvalue weighted by molar-refractivity contribution is 0.0692. The number of hydrogen-bond acceptors (Lipinski definition) is 1. The Bertz CT molecular complexity index is 549. The topological polar surface area (TPSA) is 53.1 Å². The van der Waals surface area contributed by atoms with Gasteiger partial charge in [-0.05, 0) is 18.2 Å². The van der Waals surface area contributed by atoms with Gasteiger partial charge in [-0.15, -0.1) is 0 Å². The predicted molar refractivity (Wildman–Crippen MR) is 63.2 cm³/mol. The molecule has 0 atom stereocenters. The number of benzene rings is 1. The molecule has 3 nitrogen and oxygen atoms in total. The normalized spacial score (nSPS) is 10.4. The van der Waals surface area contributed by atoms with Crippen LogP contribution in [0.4, 0.5) is 0 Å². The van der Waals surface area contributed by atoms with Gasteiger partial charge in [-0.3, -0.25) is 0 Å². The van der Waals surface area contributed by atoms with E-state index in [0.717, 1.165) is 0 Å². The van der Waals surface area contributed by atoms with E-state index in [1.807, 2.05) is 0 Å². The molecule has 2 N–H and O–H groups in total. The molecule has 2 aromatic rings. The molecule has 0 saturated carbocycles. The van der Waals surface area contributed by atoms with Crippen LogP contribution in [0.5, 0.6) is 0 Å². The summed E-state index contributed by atoms with van der Waals surface area (Å²) in [5.74, 6) is -1.02. The van der Waals surface area contributed by atoms with Crippen LogP contribution in [0.15, 0.2) is 30.5 Å². The maximum Gasteiger partial charge on any atom is 0.352 e. The lowest BCUT2D eigenvalue weighted by atomic mass is 10.1. The van der Waals surface area contributed by atoms with E-state index in [2.05, 4.69) is 4.98 Å². The highest BCUT2D eigenvalue weighted by Gasteiger charge is 2.14. The van der Waals surface area contributed by atoms with Crippen molar-refractivity contribution in [3.8, 4) is 11.1 Å². The molecule has 1 heterocycles. The van der Waals surface area contributed by atoms with Gasteiger partial charge >= 0.3 is 5.97 Å². The Morgan fingerprint density at radius 2 is 1.94 bits per heavy atom. The lowest BCUT2D eigenvalue weighted by Crippen LogP contribution is -1.98. The SMILES string of the molecule is O=C(O)c1[nH]ccc1-c1ccc(Cl)cc1Cl. The molecular formula is C11H7Cl2NO2. The minimum Gasteiger partial charge on any atom is -0.477 e. The number of carboxylic acids is 1. The van der Waals surface area contributed by atoms with Crippen LogP contribution >= 0.6 is 23.2 Å². The van der Waals surface area contributed by atoms with Crippen molar-refractivity contribution >= 4 is 29.2 Å². The Morgan fingerprint density at radius 1 is 1.19 bits per heavy atom. The van der Waals surface area contributed by atoms with Crippen LogP contribution in [0.1, 0.15) is 10.5 Å². The number of aromatic amines is 1. The summed E-state index contributed by atoms with van der Waals surface area (Å²) in [6.45, 7) is 0. The second-order valence-corrected chi connectivity index (χ2v) is 4.04. The second kappa shape index (κ2) is 4.20. The van der Waals surface area contributed by atoms with Gasteiger partial charge in [-0.1, -0.05) is 29.3 Å². The first-order valence-electron chi connectivity index (χ1n) is 4.45. The second-order valence-electron chi connectivity index (χ2n) is 3.20. The quantitative estimate of drug-likeness (QED) is 0.860. The van der Waals surface area contributed by atoms with E-state index in [9.17, 15) is 4.79 Å². The number of aromatic nitrogens is 1. The Morgan fingerprint density at radius 3 is 2.56 bits per heavy atom. The highest BCUT2D eigenvalue weighted by molar-refractivity contribution is 6.36. The summed E-state index contributed by atoms with van der Waals surface area (Å²) in [6.07, 6.45) is 1.56. The van der Waals surface area contributed by atoms with Gasteiger partial charge < -0.3 is 10.1 Å². The molecule has 2 rings (SSSR count). The summed E-state index contributed by atoms with van der Waals surface area (Å²) in [6, 6.07) is 6.61. The van der Waals surface area contributed by atoms with E-state index < -0.39 is 5.97 Å². The van der Waals surface area contributed by atoms with Crippen molar-refractivity contribution in [2.75, 3.05) is 0 Å². The molecule has 16 heavy (non-hydrogen) atoms. The van der Waals surface area contributed by atoms with E-state index in [1.54, 1.807) is 30.5 Å². The number of H-pyrrole nitrogens is 1. The fraction of sp³-hybridized carbons (Fsp3) is 0. The van der Waals surface area contributed by atoms with Gasteiger partial charge in [0.2, 0.25) is 0 Å². The predicted octanol–water partition coefficient (Wildman–Crippen LogP) is 3.69. The Hall–Kier alpha value is -1.45. The molecule has 0 spiro atoms. The number of nitrogens with one attached hydrogen (secondary N) is 1. The van der Waals surface area contributed by atoms with Crippen LogP contribution in [-0.4, -0.2) is 16.1 Å². The van der Waals surface area contributed by atoms with Gasteiger partial charge in [0, 0.05) is 27.4 Å². The molecular weight excluding hydrogens is 249 g/mol. The van der Waals surface area contributed by atoms with Gasteiger partial charge in [-0.2, -0.15) is 0 Å². The van der Waals surface area contributed by atoms with E-state index in [1.165, 1.54) is 0 Å². The van der Waals surface area contributed by atoms with Crippen LogP contribution in [0.2, 0.25) is 10.0 Å². The van der Waals surface area contributed by atoms with Gasteiger partial charge in [0.05, 0.1) is 0 Å². The van der Waals surface area contributed by atoms with Crippen molar-refractivity contribution in [3.63, 3.8) is 0 Å². The zero-order chi connectivity index (χ0) is 11.7. The summed E-state index contributed by atoms with van der Waals surface area (Å²) in [5.41, 5.74) is 1.31. The summed E-state index contributed by atoms with van der Waals surface area (Å²) >= 11 is 11.8. The van der Waals surface area contributed by atoms with Crippen LogP contribution in [-0.2, 0) is 0 Å². The van der Waals surface area contributed by atoms with Crippen LogP contribution in [0.3, 0.4) is 0 Å². The highest BCUT2D eigenvalue weighted by Crippen LogP contribution is 2.32. The standard InChI is InChI=1S/C11H7Cl2NO2/c12-6-1-2-7(9(13)5-6)8-3-4-14-10(8)11(15)16/h1-5,14H,(H,15,16). The molecule has 0 fully saturated rings. The number of halogens is 2. The summed E-state index contributed by atoms with van der Waals surface area (Å²) < 4.78 is 0. The maximum atomic E-state index is 10.9. The van der Waals surface area contributed by atoms with Gasteiger partial charge in [0.25, 0.3) is 0 Å². The van der Waals surface area contributed by atoms with Gasteiger partial charge in [-0.25, -0.2) is 4.79 Å². The summed E-state index contributed by atoms with van der Waals surface area (Å²) in [5, 5.41) is 9.90. The molecule has 0 aliphatic heterocycles. The number of rotatable bonds is 2. The molecule has 0 amide bonds. The van der Waals surface area contributed by atoms with Crippen molar-refractivity contribution in [1.29, 1.82) is 0 Å². The van der Waals surface area contributed by atoms with Gasteiger partial charge in [0.15, 0.2) is 0 Å². The molecule has 0 radical (unpaired) electrons. The van der Waals surface area contributed by atoms with E-state index in [-0.39, 0.29) is 5.69 Å². The first-order valence-corrected chi connectivity index (χ1v) is 5.21. The zero-order valence-corrected chi connectivity index (χ0v) is 9.51. The number of carboxylic acid groups (broad SMARTS) is 1. The largest absolute Gasteiger partial charge is 0.477 e. The minimum atomic E-state index is -1.02. The molecule has 0 saturated heterocycles. The van der Waals surface area contributed by atoms with Crippen molar-refractivity contribution < 1.29 is 9.90 Å². The van der Waals surface area contributed by atoms with Crippen LogP contribution < -0.4 is 0 Å². The van der Waals surface area contributed by atoms with E-state index >= 15 is 0 Å². The molecule has 5 heteroatoms. The maximum absolute atomic E-state index is 10.9. The molecule has 1 aromatic heterocycles. The molecule has 0 bridgehead atoms. The number of hydrogen-bond donors (Lipinski definition) is 2. The van der Waals surface area contributed by atoms with Crippen molar-refractivity contribution in [1.82, 2.24) is 4.98 Å². The molecule has 82 valence electrons. The Labute approximate surface area is 102 Å². The third-order valence-corrected chi connectivity index (χ3v) is 2.73. The summed E-state index contributed by atoms with van der Waals surface area (Å²) in [4.78, 5) is 13.6. The van der Waals surface area contributed by atoms with Crippen molar-refractivity contribution in [3.05, 3.63) is 46.2 Å². The van der Waals surface area contributed by atoms with Crippen molar-refractivity contribution in [2.45, 2.75) is 0 Å². The van der Waals surface area contributed by atoms with Crippen molar-refractivity contribution in [2.24, 2.45) is 0 Å². The molecule has 0 unspecified atom stereocenters. The van der Waals surface area contributed by atoms with Crippen LogP contribution in [0.25, 0.3) is 11.1 Å². The van der Waals surface area contributed by atoms with E-state index in [0.29, 0.717) is 21.2 Å². The average Bonchev–Trinajstić information content (AvgIpc) is 2.66. The van der Waals surface area contributed by atoms with Gasteiger partial charge in [0.1, 0.15) is 5.69 Å².